The second kappa shape index (κ2) is 5.93. The molecule has 0 amide bonds. The minimum Gasteiger partial charge on any atom is -0.327 e. The van der Waals surface area contributed by atoms with Crippen molar-refractivity contribution in [2.24, 2.45) is 4.99 Å². The van der Waals surface area contributed by atoms with Gasteiger partial charge in [0.2, 0.25) is 0 Å². The molecule has 0 N–H and O–H groups in total. The molecule has 0 aliphatic carbocycles. The van der Waals surface area contributed by atoms with Crippen molar-refractivity contribution in [1.29, 1.82) is 0 Å². The third-order valence-corrected chi connectivity index (χ3v) is 4.58. The van der Waals surface area contributed by atoms with E-state index in [4.69, 9.17) is 28.2 Å². The first-order valence-electron chi connectivity index (χ1n) is 7.47. The van der Waals surface area contributed by atoms with Crippen molar-refractivity contribution in [3.63, 3.8) is 0 Å². The molecule has 0 fully saturated rings. The number of anilines is 2. The van der Waals surface area contributed by atoms with Crippen LogP contribution < -0.4 is 4.90 Å². The highest BCUT2D eigenvalue weighted by Crippen LogP contribution is 2.39. The Morgan fingerprint density at radius 1 is 0.917 bits per heavy atom. The predicted molar refractivity (Wildman–Crippen MR) is 101 cm³/mol. The Morgan fingerprint density at radius 2 is 1.75 bits per heavy atom. The van der Waals surface area contributed by atoms with E-state index >= 15 is 0 Å². The Hall–Kier alpha value is -2.36. The van der Waals surface area contributed by atoms with Gasteiger partial charge in [0.05, 0.1) is 11.4 Å². The van der Waals surface area contributed by atoms with Gasteiger partial charge in [-0.3, -0.25) is 0 Å². The Bertz CT molecular complexity index is 966. The van der Waals surface area contributed by atoms with Gasteiger partial charge in [-0.25, -0.2) is 9.98 Å². The first-order chi connectivity index (χ1) is 11.6. The van der Waals surface area contributed by atoms with E-state index in [2.05, 4.69) is 4.98 Å². The zero-order valence-corrected chi connectivity index (χ0v) is 14.4. The lowest BCUT2D eigenvalue weighted by Crippen LogP contribution is -2.14. The standard InChI is InChI=1S/C19H13Cl2N3/c1-24-17-9-8-12(20)11-14(17)18(13-5-2-3-6-15(13)21)23-16-7-4-10-22-19(16)24/h2-11H,1H3. The van der Waals surface area contributed by atoms with Gasteiger partial charge in [-0.05, 0) is 36.4 Å². The molecule has 1 aromatic heterocycles. The number of fused-ring (bicyclic) bond motifs is 2. The van der Waals surface area contributed by atoms with E-state index in [0.717, 1.165) is 34.0 Å². The first-order valence-corrected chi connectivity index (χ1v) is 8.23. The maximum atomic E-state index is 6.44. The second-order valence-electron chi connectivity index (χ2n) is 5.51. The van der Waals surface area contributed by atoms with Gasteiger partial charge < -0.3 is 4.90 Å². The quantitative estimate of drug-likeness (QED) is 0.566. The summed E-state index contributed by atoms with van der Waals surface area (Å²) < 4.78 is 0. The van der Waals surface area contributed by atoms with Crippen molar-refractivity contribution < 1.29 is 0 Å². The zero-order valence-electron chi connectivity index (χ0n) is 12.9. The van der Waals surface area contributed by atoms with Gasteiger partial charge >= 0.3 is 0 Å². The number of rotatable bonds is 1. The van der Waals surface area contributed by atoms with Crippen LogP contribution in [0.2, 0.25) is 10.0 Å². The highest BCUT2D eigenvalue weighted by atomic mass is 35.5. The van der Waals surface area contributed by atoms with Gasteiger partial charge in [0.1, 0.15) is 5.69 Å². The maximum absolute atomic E-state index is 6.44. The summed E-state index contributed by atoms with van der Waals surface area (Å²) in [5, 5.41) is 1.30. The minimum atomic E-state index is 0.650. The average molecular weight is 354 g/mol. The Balaban J connectivity index is 2.08. The smallest absolute Gasteiger partial charge is 0.158 e. The second-order valence-corrected chi connectivity index (χ2v) is 6.35. The molecule has 3 aromatic rings. The van der Waals surface area contributed by atoms with Crippen LogP contribution in [0.1, 0.15) is 11.1 Å². The number of benzene rings is 2. The van der Waals surface area contributed by atoms with Crippen molar-refractivity contribution in [3.05, 3.63) is 82.0 Å². The van der Waals surface area contributed by atoms with E-state index in [1.807, 2.05) is 66.5 Å². The summed E-state index contributed by atoms with van der Waals surface area (Å²) in [6.45, 7) is 0. The number of aromatic nitrogens is 1. The molecular formula is C19H13Cl2N3. The molecular weight excluding hydrogens is 341 g/mol. The van der Waals surface area contributed by atoms with Gasteiger partial charge in [0, 0.05) is 34.4 Å². The van der Waals surface area contributed by atoms with Gasteiger partial charge in [-0.2, -0.15) is 0 Å². The lowest BCUT2D eigenvalue weighted by molar-refractivity contribution is 1.13. The largest absolute Gasteiger partial charge is 0.327 e. The van der Waals surface area contributed by atoms with Crippen LogP contribution >= 0.6 is 23.2 Å². The third kappa shape index (κ3) is 2.46. The summed E-state index contributed by atoms with van der Waals surface area (Å²) in [5.74, 6) is 0.795. The molecule has 1 aliphatic heterocycles. The molecule has 24 heavy (non-hydrogen) atoms. The highest BCUT2D eigenvalue weighted by Gasteiger charge is 2.23. The van der Waals surface area contributed by atoms with Gasteiger partial charge in [-0.15, -0.1) is 0 Å². The fourth-order valence-corrected chi connectivity index (χ4v) is 3.28. The lowest BCUT2D eigenvalue weighted by atomic mass is 10.00. The summed E-state index contributed by atoms with van der Waals surface area (Å²) in [5.41, 5.74) is 4.36. The Morgan fingerprint density at radius 3 is 2.58 bits per heavy atom. The van der Waals surface area contributed by atoms with Crippen molar-refractivity contribution >= 4 is 46.1 Å². The number of nitrogens with zero attached hydrogens (tertiary/aromatic N) is 3. The number of halogens is 2. The van der Waals surface area contributed by atoms with Crippen LogP contribution in [0.15, 0.2) is 65.8 Å². The van der Waals surface area contributed by atoms with Crippen molar-refractivity contribution in [2.45, 2.75) is 0 Å². The van der Waals surface area contributed by atoms with Gasteiger partial charge in [0.25, 0.3) is 0 Å². The highest BCUT2D eigenvalue weighted by molar-refractivity contribution is 6.36. The molecule has 0 saturated heterocycles. The molecule has 1 aliphatic rings. The van der Waals surface area contributed by atoms with Crippen LogP contribution in [-0.2, 0) is 0 Å². The maximum Gasteiger partial charge on any atom is 0.158 e. The minimum absolute atomic E-state index is 0.650. The summed E-state index contributed by atoms with van der Waals surface area (Å²) >= 11 is 12.7. The molecule has 4 rings (SSSR count). The van der Waals surface area contributed by atoms with Crippen molar-refractivity contribution in [1.82, 2.24) is 4.98 Å². The molecule has 5 heteroatoms. The number of pyridine rings is 1. The van der Waals surface area contributed by atoms with E-state index in [0.29, 0.717) is 10.0 Å². The topological polar surface area (TPSA) is 28.5 Å². The zero-order chi connectivity index (χ0) is 16.7. The van der Waals surface area contributed by atoms with Crippen LogP contribution in [-0.4, -0.2) is 17.7 Å². The van der Waals surface area contributed by atoms with Crippen LogP contribution in [0.5, 0.6) is 0 Å². The Labute approximate surface area is 150 Å². The van der Waals surface area contributed by atoms with Crippen molar-refractivity contribution in [3.8, 4) is 0 Å². The number of hydrogen-bond donors (Lipinski definition) is 0. The molecule has 0 spiro atoms. The molecule has 2 heterocycles. The SMILES string of the molecule is CN1c2ccc(Cl)cc2C(c2ccccc2Cl)=Nc2cccnc21. The summed E-state index contributed by atoms with van der Waals surface area (Å²) in [6, 6.07) is 17.3. The van der Waals surface area contributed by atoms with E-state index in [1.54, 1.807) is 6.20 Å². The number of hydrogen-bond acceptors (Lipinski definition) is 3. The van der Waals surface area contributed by atoms with E-state index in [-0.39, 0.29) is 0 Å². The van der Waals surface area contributed by atoms with Crippen molar-refractivity contribution in [2.75, 3.05) is 11.9 Å². The summed E-state index contributed by atoms with van der Waals surface area (Å²) in [7, 11) is 1.98. The van der Waals surface area contributed by atoms with Crippen LogP contribution in [0.25, 0.3) is 0 Å². The molecule has 0 saturated carbocycles. The molecule has 0 atom stereocenters. The fourth-order valence-electron chi connectivity index (χ4n) is 2.88. The third-order valence-electron chi connectivity index (χ3n) is 4.02. The summed E-state index contributed by atoms with van der Waals surface area (Å²) in [4.78, 5) is 11.4. The van der Waals surface area contributed by atoms with Gasteiger partial charge in [-0.1, -0.05) is 41.4 Å². The molecule has 0 bridgehead atoms. The molecule has 0 radical (unpaired) electrons. The van der Waals surface area contributed by atoms with Crippen LogP contribution in [0, 0.1) is 0 Å². The molecule has 2 aromatic carbocycles. The first kappa shape index (κ1) is 15.2. The molecule has 0 unspecified atom stereocenters. The fraction of sp³-hybridized carbons (Fsp3) is 0.0526. The normalized spacial score (nSPS) is 13.0. The van der Waals surface area contributed by atoms with Crippen LogP contribution in [0.3, 0.4) is 0 Å². The predicted octanol–water partition coefficient (Wildman–Crippen LogP) is 5.64. The summed E-state index contributed by atoms with van der Waals surface area (Å²) in [6.07, 6.45) is 1.76. The lowest BCUT2D eigenvalue weighted by Gasteiger charge is -2.20. The average Bonchev–Trinajstić information content (AvgIpc) is 2.71. The van der Waals surface area contributed by atoms with E-state index < -0.39 is 0 Å². The van der Waals surface area contributed by atoms with E-state index in [1.165, 1.54) is 0 Å². The Kier molecular flexibility index (Phi) is 3.75. The van der Waals surface area contributed by atoms with Crippen LogP contribution in [0.4, 0.5) is 17.2 Å². The molecule has 3 nitrogen and oxygen atoms in total. The number of aliphatic imine (C=N–C) groups is 1. The monoisotopic (exact) mass is 353 g/mol. The van der Waals surface area contributed by atoms with Gasteiger partial charge in [0.15, 0.2) is 5.82 Å². The molecule has 118 valence electrons. The van der Waals surface area contributed by atoms with E-state index in [9.17, 15) is 0 Å².